The van der Waals surface area contributed by atoms with E-state index in [1.54, 1.807) is 18.2 Å². The van der Waals surface area contributed by atoms with Crippen molar-refractivity contribution in [2.45, 2.75) is 6.92 Å². The third-order valence-electron chi connectivity index (χ3n) is 3.26. The Kier molecular flexibility index (Phi) is 6.46. The predicted octanol–water partition coefficient (Wildman–Crippen LogP) is 3.75. The van der Waals surface area contributed by atoms with Crippen molar-refractivity contribution in [3.63, 3.8) is 0 Å². The first-order valence-corrected chi connectivity index (χ1v) is 7.88. The fraction of sp³-hybridized carbons (Fsp3) is 0.111. The van der Waals surface area contributed by atoms with E-state index in [1.165, 1.54) is 30.3 Å². The quantitative estimate of drug-likeness (QED) is 0.359. The fourth-order valence-electron chi connectivity index (χ4n) is 1.96. The molecule has 0 atom stereocenters. The Balaban J connectivity index is 1.83. The molecule has 26 heavy (non-hydrogen) atoms. The maximum atomic E-state index is 11.8. The van der Waals surface area contributed by atoms with Crippen molar-refractivity contribution in [3.8, 4) is 0 Å². The van der Waals surface area contributed by atoms with E-state index in [1.807, 2.05) is 6.92 Å². The van der Waals surface area contributed by atoms with Gasteiger partial charge in [-0.25, -0.2) is 4.79 Å². The van der Waals surface area contributed by atoms with Crippen LogP contribution in [0.5, 0.6) is 0 Å². The maximum absolute atomic E-state index is 11.8. The minimum Gasteiger partial charge on any atom is -0.452 e. The molecule has 0 unspecified atom stereocenters. The number of nitro benzene ring substituents is 1. The zero-order valence-corrected chi connectivity index (χ0v) is 14.5. The molecule has 7 nitrogen and oxygen atoms in total. The van der Waals surface area contributed by atoms with Crippen molar-refractivity contribution < 1.29 is 19.2 Å². The lowest BCUT2D eigenvalue weighted by atomic mass is 10.2. The molecule has 0 heterocycles. The molecule has 2 aromatic rings. The number of ether oxygens (including phenoxy) is 1. The molecule has 0 fully saturated rings. The summed E-state index contributed by atoms with van der Waals surface area (Å²) in [6, 6.07) is 10.8. The standard InChI is InChI=1S/C18H15ClN2O5/c1-12-2-8-16(15(19)10-12)20-17(22)11-26-18(23)9-5-13-3-6-14(7-4-13)21(24)25/h2-10H,11H2,1H3,(H,20,22)/b9-5+. The summed E-state index contributed by atoms with van der Waals surface area (Å²) in [4.78, 5) is 33.5. The Morgan fingerprint density at radius 1 is 1.23 bits per heavy atom. The van der Waals surface area contributed by atoms with Gasteiger partial charge in [-0.15, -0.1) is 0 Å². The number of amides is 1. The van der Waals surface area contributed by atoms with Crippen LogP contribution in [-0.4, -0.2) is 23.4 Å². The minimum absolute atomic E-state index is 0.0452. The molecule has 2 aromatic carbocycles. The monoisotopic (exact) mass is 374 g/mol. The number of non-ortho nitro benzene ring substituents is 1. The Bertz CT molecular complexity index is 862. The third kappa shape index (κ3) is 5.71. The Labute approximate surface area is 154 Å². The second kappa shape index (κ2) is 8.77. The Morgan fingerprint density at radius 2 is 1.92 bits per heavy atom. The van der Waals surface area contributed by atoms with Gasteiger partial charge in [-0.3, -0.25) is 14.9 Å². The summed E-state index contributed by atoms with van der Waals surface area (Å²) in [6.45, 7) is 1.41. The van der Waals surface area contributed by atoms with E-state index in [9.17, 15) is 19.7 Å². The number of halogens is 1. The fourth-order valence-corrected chi connectivity index (χ4v) is 2.25. The van der Waals surface area contributed by atoms with Crippen LogP contribution in [0.2, 0.25) is 5.02 Å². The molecule has 0 spiro atoms. The summed E-state index contributed by atoms with van der Waals surface area (Å²) in [5.41, 5.74) is 1.93. The summed E-state index contributed by atoms with van der Waals surface area (Å²) >= 11 is 6.01. The van der Waals surface area contributed by atoms with Gasteiger partial charge in [0, 0.05) is 18.2 Å². The topological polar surface area (TPSA) is 98.5 Å². The average molecular weight is 375 g/mol. The van der Waals surface area contributed by atoms with Gasteiger partial charge in [-0.2, -0.15) is 0 Å². The second-order valence-electron chi connectivity index (χ2n) is 5.32. The first kappa shape index (κ1) is 19.1. The summed E-state index contributed by atoms with van der Waals surface area (Å²) in [5, 5.41) is 13.5. The SMILES string of the molecule is Cc1ccc(NC(=O)COC(=O)/C=C/c2ccc([N+](=O)[O-])cc2)c(Cl)c1. The van der Waals surface area contributed by atoms with E-state index in [0.29, 0.717) is 16.3 Å². The van der Waals surface area contributed by atoms with Crippen molar-refractivity contribution in [1.82, 2.24) is 0 Å². The molecule has 8 heteroatoms. The molecule has 134 valence electrons. The van der Waals surface area contributed by atoms with Crippen molar-refractivity contribution in [2.75, 3.05) is 11.9 Å². The number of anilines is 1. The molecule has 0 saturated heterocycles. The van der Waals surface area contributed by atoms with Crippen LogP contribution in [0.25, 0.3) is 6.08 Å². The molecule has 0 aliphatic carbocycles. The molecule has 1 N–H and O–H groups in total. The van der Waals surface area contributed by atoms with Gasteiger partial charge in [0.05, 0.1) is 15.6 Å². The van der Waals surface area contributed by atoms with E-state index in [0.717, 1.165) is 11.6 Å². The van der Waals surface area contributed by atoms with E-state index >= 15 is 0 Å². The number of nitrogens with one attached hydrogen (secondary N) is 1. The number of hydrogen-bond acceptors (Lipinski definition) is 5. The van der Waals surface area contributed by atoms with Crippen molar-refractivity contribution >= 4 is 40.9 Å². The third-order valence-corrected chi connectivity index (χ3v) is 3.57. The minimum atomic E-state index is -0.714. The normalized spacial score (nSPS) is 10.5. The molecule has 0 aromatic heterocycles. The lowest BCUT2D eigenvalue weighted by Gasteiger charge is -2.07. The molecular formula is C18H15ClN2O5. The first-order chi connectivity index (χ1) is 12.3. The van der Waals surface area contributed by atoms with Crippen molar-refractivity contribution in [1.29, 1.82) is 0 Å². The highest BCUT2D eigenvalue weighted by atomic mass is 35.5. The van der Waals surface area contributed by atoms with Gasteiger partial charge in [-0.05, 0) is 48.4 Å². The Morgan fingerprint density at radius 3 is 2.54 bits per heavy atom. The summed E-state index contributed by atoms with van der Waals surface area (Å²) in [7, 11) is 0. The predicted molar refractivity (Wildman–Crippen MR) is 97.9 cm³/mol. The number of benzene rings is 2. The van der Waals surface area contributed by atoms with Gasteiger partial charge < -0.3 is 10.1 Å². The number of esters is 1. The summed E-state index contributed by atoms with van der Waals surface area (Å²) in [6.07, 6.45) is 2.56. The molecule has 0 aliphatic rings. The zero-order chi connectivity index (χ0) is 19.1. The number of carbonyl (C=O) groups is 2. The molecule has 2 rings (SSSR count). The van der Waals surface area contributed by atoms with Gasteiger partial charge in [0.1, 0.15) is 0 Å². The summed E-state index contributed by atoms with van der Waals surface area (Å²) < 4.78 is 4.83. The molecule has 0 bridgehead atoms. The smallest absolute Gasteiger partial charge is 0.331 e. The number of aryl methyl sites for hydroxylation is 1. The number of rotatable bonds is 6. The number of nitro groups is 1. The highest BCUT2D eigenvalue weighted by Crippen LogP contribution is 2.22. The van der Waals surface area contributed by atoms with Gasteiger partial charge in [-0.1, -0.05) is 17.7 Å². The second-order valence-corrected chi connectivity index (χ2v) is 5.73. The molecular weight excluding hydrogens is 360 g/mol. The number of hydrogen-bond donors (Lipinski definition) is 1. The van der Waals surface area contributed by atoms with Crippen LogP contribution < -0.4 is 5.32 Å². The maximum Gasteiger partial charge on any atom is 0.331 e. The van der Waals surface area contributed by atoms with E-state index in [2.05, 4.69) is 5.32 Å². The zero-order valence-electron chi connectivity index (χ0n) is 13.8. The van der Waals surface area contributed by atoms with Gasteiger partial charge in [0.25, 0.3) is 11.6 Å². The molecule has 0 saturated carbocycles. The molecule has 1 amide bonds. The molecule has 0 aliphatic heterocycles. The van der Waals surface area contributed by atoms with E-state index in [4.69, 9.17) is 16.3 Å². The van der Waals surface area contributed by atoms with Gasteiger partial charge in [0.2, 0.25) is 0 Å². The van der Waals surface area contributed by atoms with Crippen LogP contribution in [0.1, 0.15) is 11.1 Å². The van der Waals surface area contributed by atoms with Crippen molar-refractivity contribution in [2.24, 2.45) is 0 Å². The number of carbonyl (C=O) groups excluding carboxylic acids is 2. The largest absolute Gasteiger partial charge is 0.452 e. The Hall–Kier alpha value is -3.19. The van der Waals surface area contributed by atoms with Gasteiger partial charge >= 0.3 is 5.97 Å². The first-order valence-electron chi connectivity index (χ1n) is 7.50. The highest BCUT2D eigenvalue weighted by molar-refractivity contribution is 6.33. The van der Waals surface area contributed by atoms with Gasteiger partial charge in [0.15, 0.2) is 6.61 Å². The summed E-state index contributed by atoms with van der Waals surface area (Å²) in [5.74, 6) is -1.23. The van der Waals surface area contributed by atoms with Crippen LogP contribution in [0, 0.1) is 17.0 Å². The van der Waals surface area contributed by atoms with Crippen LogP contribution in [0.15, 0.2) is 48.5 Å². The molecule has 0 radical (unpaired) electrons. The lowest BCUT2D eigenvalue weighted by molar-refractivity contribution is -0.384. The van der Waals surface area contributed by atoms with Crippen molar-refractivity contribution in [3.05, 3.63) is 74.8 Å². The van der Waals surface area contributed by atoms with E-state index in [-0.39, 0.29) is 5.69 Å². The average Bonchev–Trinajstić information content (AvgIpc) is 2.61. The number of nitrogens with zero attached hydrogens (tertiary/aromatic N) is 1. The van der Waals surface area contributed by atoms with Crippen LogP contribution in [-0.2, 0) is 14.3 Å². The van der Waals surface area contributed by atoms with Crippen LogP contribution in [0.4, 0.5) is 11.4 Å². The van der Waals surface area contributed by atoms with E-state index < -0.39 is 23.4 Å². The highest BCUT2D eigenvalue weighted by Gasteiger charge is 2.08. The van der Waals surface area contributed by atoms with Crippen LogP contribution >= 0.6 is 11.6 Å². The van der Waals surface area contributed by atoms with Crippen LogP contribution in [0.3, 0.4) is 0 Å². The lowest BCUT2D eigenvalue weighted by Crippen LogP contribution is -2.20.